The summed E-state index contributed by atoms with van der Waals surface area (Å²) < 4.78 is 48.6. The van der Waals surface area contributed by atoms with E-state index in [1.54, 1.807) is 32.2 Å². The van der Waals surface area contributed by atoms with Crippen molar-refractivity contribution in [2.24, 2.45) is 5.92 Å². The molecule has 0 aliphatic heterocycles. The molecular weight excluding hydrogens is 649 g/mol. The van der Waals surface area contributed by atoms with Crippen LogP contribution in [0, 0.1) is 31.6 Å². The van der Waals surface area contributed by atoms with Crippen molar-refractivity contribution in [3.8, 4) is 23.0 Å². The molecule has 1 amide bonds. The fourth-order valence-corrected chi connectivity index (χ4v) is 5.99. The van der Waals surface area contributed by atoms with E-state index in [4.69, 9.17) is 4.74 Å². The van der Waals surface area contributed by atoms with Crippen molar-refractivity contribution in [2.75, 3.05) is 27.7 Å². The number of nitrogens with one attached hydrogen (secondary N) is 1. The maximum Gasteiger partial charge on any atom is 0.416 e. The van der Waals surface area contributed by atoms with Gasteiger partial charge >= 0.3 is 12.1 Å². The largest absolute Gasteiger partial charge is 0.481 e. The molecule has 3 aromatic rings. The van der Waals surface area contributed by atoms with Gasteiger partial charge in [0.05, 0.1) is 23.7 Å². The number of aromatic nitrogens is 2. The number of hydrogen-bond donors (Lipinski definition) is 2. The van der Waals surface area contributed by atoms with Gasteiger partial charge in [0.2, 0.25) is 5.91 Å². The number of alkyl halides is 3. The average Bonchev–Trinajstić information content (AvgIpc) is 3.81. The number of nitrogens with zero attached hydrogens (tertiary/aromatic N) is 3. The molecule has 0 bridgehead atoms. The summed E-state index contributed by atoms with van der Waals surface area (Å²) in [6.07, 6.45) is -2.56. The molecule has 0 radical (unpaired) electrons. The number of aliphatic carboxylic acids is 1. The molecule has 2 N–H and O–H groups in total. The van der Waals surface area contributed by atoms with Crippen molar-refractivity contribution in [3.05, 3.63) is 86.6 Å². The van der Waals surface area contributed by atoms with E-state index < -0.39 is 53.3 Å². The first kappa shape index (κ1) is 38.3. The molecule has 4 rings (SSSR count). The van der Waals surface area contributed by atoms with E-state index in [0.717, 1.165) is 45.9 Å². The number of hydrogen-bond acceptors (Lipinski definition) is 6. The first-order valence-corrected chi connectivity index (χ1v) is 16.6. The molecule has 0 spiro atoms. The van der Waals surface area contributed by atoms with Crippen LogP contribution in [0.1, 0.15) is 85.3 Å². The molecule has 1 aromatic carbocycles. The van der Waals surface area contributed by atoms with Crippen LogP contribution in [0.4, 0.5) is 13.2 Å². The fourth-order valence-electron chi connectivity index (χ4n) is 5.99. The highest BCUT2D eigenvalue weighted by atomic mass is 19.4. The topological polar surface area (TPSA) is 114 Å². The zero-order valence-electron chi connectivity index (χ0n) is 29.6. The molecule has 1 saturated carbocycles. The van der Waals surface area contributed by atoms with Gasteiger partial charge in [0.15, 0.2) is 0 Å². The normalized spacial score (nSPS) is 15.0. The second-order valence-corrected chi connectivity index (χ2v) is 13.7. The van der Waals surface area contributed by atoms with E-state index in [9.17, 15) is 32.7 Å². The Morgan fingerprint density at radius 1 is 1.14 bits per heavy atom. The van der Waals surface area contributed by atoms with Crippen molar-refractivity contribution >= 4 is 11.9 Å². The van der Waals surface area contributed by atoms with Gasteiger partial charge in [-0.3, -0.25) is 14.4 Å². The van der Waals surface area contributed by atoms with E-state index >= 15 is 0 Å². The van der Waals surface area contributed by atoms with Crippen molar-refractivity contribution < 1.29 is 32.6 Å². The van der Waals surface area contributed by atoms with Crippen LogP contribution < -0.4 is 10.9 Å². The number of methoxy groups -OCH3 is 1. The summed E-state index contributed by atoms with van der Waals surface area (Å²) in [4.78, 5) is 46.0. The maximum absolute atomic E-state index is 14.1. The Hall–Kier alpha value is -4.47. The SMILES string of the molecule is COC1(C#Cc2cc(-c3c(C)cccc3C)cc([C@H](CC(=O)O)NC(=O)[C@H](CC(C)C)n3cc(CCN(C)C)c(C(F)(F)F)cc3=O)n2)CC1. The minimum absolute atomic E-state index is 0.0109. The van der Waals surface area contributed by atoms with Crippen LogP contribution in [0.15, 0.2) is 47.4 Å². The Morgan fingerprint density at radius 2 is 1.80 bits per heavy atom. The highest BCUT2D eigenvalue weighted by Gasteiger charge is 2.41. The van der Waals surface area contributed by atoms with Crippen LogP contribution in [-0.2, 0) is 26.9 Å². The van der Waals surface area contributed by atoms with Crippen LogP contribution in [0.25, 0.3) is 11.1 Å². The molecule has 12 heteroatoms. The van der Waals surface area contributed by atoms with Gasteiger partial charge in [-0.25, -0.2) is 4.98 Å². The van der Waals surface area contributed by atoms with Gasteiger partial charge in [-0.15, -0.1) is 0 Å². The average molecular weight is 695 g/mol. The Bertz CT molecular complexity index is 1830. The Morgan fingerprint density at radius 3 is 2.34 bits per heavy atom. The molecule has 2 heterocycles. The Kier molecular flexibility index (Phi) is 12.0. The number of carboxylic acids is 1. The fraction of sp³-hybridized carbons (Fsp3) is 0.474. The predicted molar refractivity (Wildman–Crippen MR) is 185 cm³/mol. The molecule has 1 fully saturated rings. The van der Waals surface area contributed by atoms with Crippen molar-refractivity contribution in [3.63, 3.8) is 0 Å². The lowest BCUT2D eigenvalue weighted by atomic mass is 9.94. The van der Waals surface area contributed by atoms with E-state index in [-0.39, 0.29) is 36.6 Å². The summed E-state index contributed by atoms with van der Waals surface area (Å²) in [5, 5.41) is 12.8. The highest BCUT2D eigenvalue weighted by Crippen LogP contribution is 2.38. The number of rotatable bonds is 13. The summed E-state index contributed by atoms with van der Waals surface area (Å²) in [7, 11) is 5.04. The number of amides is 1. The minimum Gasteiger partial charge on any atom is -0.481 e. The molecule has 50 heavy (non-hydrogen) atoms. The molecule has 2 atom stereocenters. The first-order chi connectivity index (χ1) is 23.4. The number of ether oxygens (including phenoxy) is 1. The zero-order chi connectivity index (χ0) is 37.0. The third-order valence-corrected chi connectivity index (χ3v) is 8.81. The third-order valence-electron chi connectivity index (χ3n) is 8.81. The summed E-state index contributed by atoms with van der Waals surface area (Å²) in [6.45, 7) is 7.84. The molecule has 0 unspecified atom stereocenters. The number of aryl methyl sites for hydroxylation is 2. The zero-order valence-corrected chi connectivity index (χ0v) is 29.6. The third kappa shape index (κ3) is 9.61. The molecule has 9 nitrogen and oxygen atoms in total. The number of pyridine rings is 2. The van der Waals surface area contributed by atoms with Gasteiger partial charge in [-0.05, 0) is 105 Å². The van der Waals surface area contributed by atoms with Gasteiger partial charge in [0, 0.05) is 25.9 Å². The van der Waals surface area contributed by atoms with Gasteiger partial charge in [-0.1, -0.05) is 38.0 Å². The lowest BCUT2D eigenvalue weighted by Gasteiger charge is -2.26. The Labute approximate surface area is 290 Å². The van der Waals surface area contributed by atoms with E-state index in [1.807, 2.05) is 52.0 Å². The standard InChI is InChI=1S/C38H45F3N4O5/c1-23(2)17-32(45-22-26(12-16-44(5)6)29(20-33(45)46)38(39,40)41)36(49)43-31(21-34(47)48)30-19-27(35-24(3)9-8-10-25(35)4)18-28(42-30)11-13-37(50-7)14-15-37/h8-10,18-20,22-23,31-32H,12,14-17,21H2,1-7H3,(H,43,49)(H,47,48)/t31-,32-/m0/s1. The Balaban J connectivity index is 1.83. The summed E-state index contributed by atoms with van der Waals surface area (Å²) in [6, 6.07) is 7.54. The lowest BCUT2D eigenvalue weighted by Crippen LogP contribution is -2.41. The number of benzene rings is 1. The van der Waals surface area contributed by atoms with Crippen molar-refractivity contribution in [1.29, 1.82) is 0 Å². The van der Waals surface area contributed by atoms with Crippen LogP contribution >= 0.6 is 0 Å². The first-order valence-electron chi connectivity index (χ1n) is 16.6. The second kappa shape index (κ2) is 15.6. The number of carboxylic acid groups (broad SMARTS) is 1. The number of carbonyl (C=O) groups excluding carboxylic acids is 1. The van der Waals surface area contributed by atoms with Crippen LogP contribution in [-0.4, -0.2) is 64.8 Å². The van der Waals surface area contributed by atoms with Crippen LogP contribution in [0.5, 0.6) is 0 Å². The molecule has 1 aliphatic carbocycles. The van der Waals surface area contributed by atoms with Gasteiger partial charge in [-0.2, -0.15) is 13.2 Å². The molecular formula is C38H45F3N4O5. The number of halogens is 3. The van der Waals surface area contributed by atoms with Crippen molar-refractivity contribution in [2.45, 2.75) is 83.7 Å². The van der Waals surface area contributed by atoms with Crippen LogP contribution in [0.2, 0.25) is 0 Å². The molecule has 2 aromatic heterocycles. The predicted octanol–water partition coefficient (Wildman–Crippen LogP) is 6.10. The van der Waals surface area contributed by atoms with E-state index in [2.05, 4.69) is 22.1 Å². The molecule has 268 valence electrons. The second-order valence-electron chi connectivity index (χ2n) is 13.7. The minimum atomic E-state index is -4.77. The maximum atomic E-state index is 14.1. The smallest absolute Gasteiger partial charge is 0.416 e. The number of likely N-dealkylation sites (N-methyl/N-ethyl adjacent to an activating group) is 1. The quantitative estimate of drug-likeness (QED) is 0.208. The van der Waals surface area contributed by atoms with E-state index in [1.165, 1.54) is 0 Å². The van der Waals surface area contributed by atoms with Crippen LogP contribution in [0.3, 0.4) is 0 Å². The summed E-state index contributed by atoms with van der Waals surface area (Å²) in [5.41, 5.74) is 1.46. The molecule has 0 saturated heterocycles. The van der Waals surface area contributed by atoms with Gasteiger partial charge in [0.1, 0.15) is 17.3 Å². The van der Waals surface area contributed by atoms with Crippen molar-refractivity contribution in [1.82, 2.24) is 19.8 Å². The highest BCUT2D eigenvalue weighted by molar-refractivity contribution is 5.82. The van der Waals surface area contributed by atoms with E-state index in [0.29, 0.717) is 11.8 Å². The number of carbonyl (C=O) groups is 2. The monoisotopic (exact) mass is 694 g/mol. The molecule has 1 aliphatic rings. The van der Waals surface area contributed by atoms with Gasteiger partial charge in [0.25, 0.3) is 5.56 Å². The summed E-state index contributed by atoms with van der Waals surface area (Å²) >= 11 is 0. The summed E-state index contributed by atoms with van der Waals surface area (Å²) in [5.74, 6) is 4.15. The van der Waals surface area contributed by atoms with Gasteiger partial charge < -0.3 is 24.6 Å². The lowest BCUT2D eigenvalue weighted by molar-refractivity contribution is -0.139.